The monoisotopic (exact) mass is 234 g/mol. The van der Waals surface area contributed by atoms with E-state index in [2.05, 4.69) is 0 Å². The van der Waals surface area contributed by atoms with E-state index >= 15 is 0 Å². The fourth-order valence-corrected chi connectivity index (χ4v) is 1.61. The molecule has 1 unspecified atom stereocenters. The van der Waals surface area contributed by atoms with Gasteiger partial charge in [0.1, 0.15) is 0 Å². The van der Waals surface area contributed by atoms with Crippen LogP contribution in [0.15, 0.2) is 30.3 Å². The third kappa shape index (κ3) is 4.19. The Morgan fingerprint density at radius 2 is 2.12 bits per heavy atom. The quantitative estimate of drug-likeness (QED) is 0.560. The van der Waals surface area contributed by atoms with Gasteiger partial charge in [-0.05, 0) is 18.9 Å². The number of rotatable bonds is 6. The summed E-state index contributed by atoms with van der Waals surface area (Å²) in [6, 6.07) is 9.97. The third-order valence-corrected chi connectivity index (χ3v) is 2.99. The van der Waals surface area contributed by atoms with Crippen molar-refractivity contribution in [1.82, 2.24) is 0 Å². The molecule has 3 heteroatoms. The molecular formula is C14H18O3. The molecule has 2 rings (SSSR count). The molecule has 1 saturated heterocycles. The molecule has 1 heterocycles. The van der Waals surface area contributed by atoms with E-state index in [0.717, 1.165) is 19.4 Å². The van der Waals surface area contributed by atoms with Gasteiger partial charge in [0, 0.05) is 12.8 Å². The van der Waals surface area contributed by atoms with Crippen LogP contribution in [-0.2, 0) is 20.7 Å². The number of benzene rings is 1. The molecule has 1 aliphatic rings. The summed E-state index contributed by atoms with van der Waals surface area (Å²) in [5.41, 5.74) is 1.14. The second-order valence-corrected chi connectivity index (χ2v) is 4.69. The summed E-state index contributed by atoms with van der Waals surface area (Å²) in [4.78, 5) is 11.5. The summed E-state index contributed by atoms with van der Waals surface area (Å²) in [6.07, 6.45) is 1.99. The van der Waals surface area contributed by atoms with Crippen molar-refractivity contribution in [2.24, 2.45) is 0 Å². The summed E-state index contributed by atoms with van der Waals surface area (Å²) in [5, 5.41) is 0. The number of aryl methyl sites for hydroxylation is 1. The summed E-state index contributed by atoms with van der Waals surface area (Å²) in [5.74, 6) is -0.127. The average molecular weight is 234 g/mol. The predicted octanol–water partition coefficient (Wildman–Crippen LogP) is 2.34. The first kappa shape index (κ1) is 12.1. The van der Waals surface area contributed by atoms with E-state index in [1.165, 1.54) is 5.56 Å². The van der Waals surface area contributed by atoms with Crippen molar-refractivity contribution < 1.29 is 14.3 Å². The predicted molar refractivity (Wildman–Crippen MR) is 64.7 cm³/mol. The number of ether oxygens (including phenoxy) is 2. The Kier molecular flexibility index (Phi) is 3.79. The van der Waals surface area contributed by atoms with E-state index in [1.54, 1.807) is 0 Å². The number of hydrogen-bond acceptors (Lipinski definition) is 3. The van der Waals surface area contributed by atoms with E-state index in [-0.39, 0.29) is 11.6 Å². The molecule has 1 aromatic carbocycles. The van der Waals surface area contributed by atoms with Gasteiger partial charge in [-0.15, -0.1) is 0 Å². The summed E-state index contributed by atoms with van der Waals surface area (Å²) >= 11 is 0. The van der Waals surface area contributed by atoms with Crippen molar-refractivity contribution in [2.45, 2.75) is 31.8 Å². The van der Waals surface area contributed by atoms with Crippen LogP contribution in [0.3, 0.4) is 0 Å². The van der Waals surface area contributed by atoms with Gasteiger partial charge >= 0.3 is 5.97 Å². The van der Waals surface area contributed by atoms with Crippen molar-refractivity contribution in [3.8, 4) is 0 Å². The number of esters is 1. The highest BCUT2D eigenvalue weighted by Crippen LogP contribution is 2.29. The first-order valence-corrected chi connectivity index (χ1v) is 6.01. The van der Waals surface area contributed by atoms with Gasteiger partial charge in [-0.1, -0.05) is 30.3 Å². The maximum atomic E-state index is 11.5. The zero-order valence-electron chi connectivity index (χ0n) is 10.1. The molecule has 1 aliphatic heterocycles. The number of carbonyl (C=O) groups is 1. The second kappa shape index (κ2) is 5.32. The Morgan fingerprint density at radius 3 is 2.76 bits per heavy atom. The zero-order valence-corrected chi connectivity index (χ0v) is 10.1. The maximum Gasteiger partial charge on any atom is 0.306 e. The number of carbonyl (C=O) groups excluding carboxylic acids is 1. The minimum atomic E-state index is -0.127. The Bertz CT molecular complexity index is 368. The highest BCUT2D eigenvalue weighted by molar-refractivity contribution is 5.69. The second-order valence-electron chi connectivity index (χ2n) is 4.69. The Balaban J connectivity index is 1.61. The lowest BCUT2D eigenvalue weighted by Gasteiger charge is -2.06. The molecule has 0 aliphatic carbocycles. The Labute approximate surface area is 102 Å². The normalized spacial score (nSPS) is 22.2. The van der Waals surface area contributed by atoms with Crippen molar-refractivity contribution in [1.29, 1.82) is 0 Å². The standard InChI is InChI=1S/C14H18O3/c1-14(11-17-14)9-10-16-13(15)8-7-12-5-3-2-4-6-12/h2-6H,7-11H2,1H3. The van der Waals surface area contributed by atoms with Crippen molar-refractivity contribution >= 4 is 5.97 Å². The molecule has 0 spiro atoms. The third-order valence-electron chi connectivity index (χ3n) is 2.99. The molecule has 0 amide bonds. The molecule has 1 aromatic rings. The van der Waals surface area contributed by atoms with E-state index < -0.39 is 0 Å². The Hall–Kier alpha value is -1.35. The number of epoxide rings is 1. The van der Waals surface area contributed by atoms with E-state index in [1.807, 2.05) is 37.3 Å². The van der Waals surface area contributed by atoms with E-state index in [4.69, 9.17) is 9.47 Å². The lowest BCUT2D eigenvalue weighted by molar-refractivity contribution is -0.144. The van der Waals surface area contributed by atoms with Gasteiger partial charge in [-0.3, -0.25) is 4.79 Å². The minimum absolute atomic E-state index is 0.0281. The molecule has 17 heavy (non-hydrogen) atoms. The van der Waals surface area contributed by atoms with Gasteiger partial charge in [0.15, 0.2) is 0 Å². The molecule has 3 nitrogen and oxygen atoms in total. The average Bonchev–Trinajstić information content (AvgIpc) is 3.06. The van der Waals surface area contributed by atoms with Crippen molar-refractivity contribution in [3.05, 3.63) is 35.9 Å². The summed E-state index contributed by atoms with van der Waals surface area (Å²) in [6.45, 7) is 3.28. The fraction of sp³-hybridized carbons (Fsp3) is 0.500. The van der Waals surface area contributed by atoms with Gasteiger partial charge in [0.05, 0.1) is 18.8 Å². The van der Waals surface area contributed by atoms with Crippen LogP contribution in [0.25, 0.3) is 0 Å². The highest BCUT2D eigenvalue weighted by Gasteiger charge is 2.38. The van der Waals surface area contributed by atoms with Gasteiger partial charge < -0.3 is 9.47 Å². The van der Waals surface area contributed by atoms with Crippen LogP contribution >= 0.6 is 0 Å². The maximum absolute atomic E-state index is 11.5. The lowest BCUT2D eigenvalue weighted by atomic mass is 10.1. The topological polar surface area (TPSA) is 38.8 Å². The van der Waals surface area contributed by atoms with Crippen LogP contribution in [-0.4, -0.2) is 24.8 Å². The summed E-state index contributed by atoms with van der Waals surface area (Å²) in [7, 11) is 0. The first-order valence-electron chi connectivity index (χ1n) is 6.01. The SMILES string of the molecule is CC1(CCOC(=O)CCc2ccccc2)CO1. The molecular weight excluding hydrogens is 216 g/mol. The first-order chi connectivity index (χ1) is 8.18. The smallest absolute Gasteiger partial charge is 0.306 e. The number of hydrogen-bond donors (Lipinski definition) is 0. The van der Waals surface area contributed by atoms with Crippen LogP contribution in [0.4, 0.5) is 0 Å². The molecule has 0 N–H and O–H groups in total. The van der Waals surface area contributed by atoms with Crippen LogP contribution in [0.2, 0.25) is 0 Å². The van der Waals surface area contributed by atoms with Crippen molar-refractivity contribution in [3.63, 3.8) is 0 Å². The fourth-order valence-electron chi connectivity index (χ4n) is 1.61. The largest absolute Gasteiger partial charge is 0.466 e. The van der Waals surface area contributed by atoms with Crippen molar-refractivity contribution in [2.75, 3.05) is 13.2 Å². The lowest BCUT2D eigenvalue weighted by Crippen LogP contribution is -2.13. The summed E-state index contributed by atoms with van der Waals surface area (Å²) < 4.78 is 10.4. The molecule has 0 radical (unpaired) electrons. The Morgan fingerprint density at radius 1 is 1.41 bits per heavy atom. The molecule has 1 fully saturated rings. The van der Waals surface area contributed by atoms with Gasteiger partial charge in [0.2, 0.25) is 0 Å². The molecule has 0 bridgehead atoms. The van der Waals surface area contributed by atoms with Crippen LogP contribution in [0.1, 0.15) is 25.3 Å². The molecule has 0 aromatic heterocycles. The minimum Gasteiger partial charge on any atom is -0.466 e. The van der Waals surface area contributed by atoms with Crippen LogP contribution < -0.4 is 0 Å². The van der Waals surface area contributed by atoms with E-state index in [0.29, 0.717) is 13.0 Å². The van der Waals surface area contributed by atoms with Gasteiger partial charge in [0.25, 0.3) is 0 Å². The van der Waals surface area contributed by atoms with Crippen LogP contribution in [0, 0.1) is 0 Å². The van der Waals surface area contributed by atoms with Gasteiger partial charge in [-0.2, -0.15) is 0 Å². The molecule has 1 atom stereocenters. The molecule has 92 valence electrons. The molecule has 0 saturated carbocycles. The van der Waals surface area contributed by atoms with Crippen LogP contribution in [0.5, 0.6) is 0 Å². The van der Waals surface area contributed by atoms with E-state index in [9.17, 15) is 4.79 Å². The zero-order chi connectivity index (χ0) is 12.1. The highest BCUT2D eigenvalue weighted by atomic mass is 16.6. The van der Waals surface area contributed by atoms with Gasteiger partial charge in [-0.25, -0.2) is 0 Å².